The number of nitrogens with zero attached hydrogens (tertiary/aromatic N) is 2. The molecule has 0 bridgehead atoms. The van der Waals surface area contributed by atoms with E-state index in [0.717, 1.165) is 37.1 Å². The fraction of sp³-hybridized carbons (Fsp3) is 0.318. The number of carbonyl (C=O) groups is 1. The van der Waals surface area contributed by atoms with Crippen LogP contribution in [0.4, 0.5) is 21.7 Å². The zero-order valence-electron chi connectivity index (χ0n) is 17.2. The number of methoxy groups -OCH3 is 1. The number of pyridine rings is 2. The molecule has 1 aliphatic rings. The minimum atomic E-state index is -0.782. The van der Waals surface area contributed by atoms with Gasteiger partial charge in [0, 0.05) is 29.4 Å². The highest BCUT2D eigenvalue weighted by atomic mass is 19.1. The van der Waals surface area contributed by atoms with Crippen molar-refractivity contribution in [2.75, 3.05) is 17.7 Å². The normalized spacial score (nSPS) is 18.5. The average Bonchev–Trinajstić information content (AvgIpc) is 2.76. The quantitative estimate of drug-likeness (QED) is 0.478. The second kappa shape index (κ2) is 8.73. The molecule has 1 aliphatic carbocycles. The van der Waals surface area contributed by atoms with Gasteiger partial charge in [-0.25, -0.2) is 9.37 Å². The second-order valence-electron chi connectivity index (χ2n) is 7.65. The first-order chi connectivity index (χ1) is 15.0. The molecule has 0 unspecified atom stereocenters. The summed E-state index contributed by atoms with van der Waals surface area (Å²) in [5.41, 5.74) is 12.9. The van der Waals surface area contributed by atoms with Crippen LogP contribution in [-0.2, 0) is 0 Å². The number of hydrogen-bond donors (Lipinski definition) is 4. The van der Waals surface area contributed by atoms with Crippen LogP contribution < -0.4 is 26.8 Å². The van der Waals surface area contributed by atoms with Gasteiger partial charge in [-0.15, -0.1) is 0 Å². The first kappa shape index (κ1) is 20.8. The number of aromatic nitrogens is 2. The van der Waals surface area contributed by atoms with Crippen LogP contribution in [0.15, 0.2) is 36.5 Å². The summed E-state index contributed by atoms with van der Waals surface area (Å²) in [5.74, 6) is -0.541. The van der Waals surface area contributed by atoms with E-state index in [4.69, 9.17) is 16.2 Å². The fourth-order valence-electron chi connectivity index (χ4n) is 3.90. The molecule has 1 fully saturated rings. The van der Waals surface area contributed by atoms with Crippen LogP contribution in [0, 0.1) is 5.82 Å². The van der Waals surface area contributed by atoms with Gasteiger partial charge in [0.15, 0.2) is 11.6 Å². The van der Waals surface area contributed by atoms with Crippen LogP contribution >= 0.6 is 0 Å². The largest absolute Gasteiger partial charge is 0.496 e. The first-order valence-corrected chi connectivity index (χ1v) is 10.2. The Hall–Kier alpha value is -3.46. The SMILES string of the molecule is COc1ccnc2cc(Nc3nc(N[C@@H]4CCCC[C@@H]4N)c(F)cc3C(N)=O)ccc12. The molecular formula is C22H25FN6O2. The maximum Gasteiger partial charge on any atom is 0.252 e. The molecule has 0 saturated heterocycles. The van der Waals surface area contributed by atoms with Crippen molar-refractivity contribution in [2.24, 2.45) is 11.5 Å². The van der Waals surface area contributed by atoms with E-state index in [1.54, 1.807) is 31.5 Å². The van der Waals surface area contributed by atoms with Gasteiger partial charge in [-0.1, -0.05) is 12.8 Å². The predicted molar refractivity (Wildman–Crippen MR) is 118 cm³/mol. The third-order valence-corrected chi connectivity index (χ3v) is 5.57. The van der Waals surface area contributed by atoms with Crippen molar-refractivity contribution in [2.45, 2.75) is 37.8 Å². The Bertz CT molecular complexity index is 1120. The Kier molecular flexibility index (Phi) is 5.85. The summed E-state index contributed by atoms with van der Waals surface area (Å²) in [6.45, 7) is 0. The van der Waals surface area contributed by atoms with E-state index < -0.39 is 11.7 Å². The van der Waals surface area contributed by atoms with Gasteiger partial charge in [-0.05, 0) is 43.2 Å². The van der Waals surface area contributed by atoms with Crippen molar-refractivity contribution < 1.29 is 13.9 Å². The molecule has 0 spiro atoms. The number of primary amides is 1. The van der Waals surface area contributed by atoms with Crippen molar-refractivity contribution in [3.63, 3.8) is 0 Å². The highest BCUT2D eigenvalue weighted by Gasteiger charge is 2.24. The number of rotatable bonds is 6. The number of amides is 1. The van der Waals surface area contributed by atoms with E-state index in [1.807, 2.05) is 6.07 Å². The van der Waals surface area contributed by atoms with E-state index in [2.05, 4.69) is 20.6 Å². The molecule has 1 saturated carbocycles. The number of hydrogen-bond acceptors (Lipinski definition) is 7. The number of halogens is 1. The Labute approximate surface area is 179 Å². The monoisotopic (exact) mass is 424 g/mol. The summed E-state index contributed by atoms with van der Waals surface area (Å²) < 4.78 is 20.0. The van der Waals surface area contributed by atoms with Crippen molar-refractivity contribution >= 4 is 34.1 Å². The van der Waals surface area contributed by atoms with E-state index in [9.17, 15) is 9.18 Å². The topological polar surface area (TPSA) is 128 Å². The summed E-state index contributed by atoms with van der Waals surface area (Å²) in [7, 11) is 1.59. The van der Waals surface area contributed by atoms with E-state index in [1.165, 1.54) is 0 Å². The first-order valence-electron chi connectivity index (χ1n) is 10.2. The smallest absolute Gasteiger partial charge is 0.252 e. The number of fused-ring (bicyclic) bond motifs is 1. The van der Waals surface area contributed by atoms with Gasteiger partial charge >= 0.3 is 0 Å². The van der Waals surface area contributed by atoms with Crippen LogP contribution in [0.2, 0.25) is 0 Å². The molecule has 1 aromatic carbocycles. The van der Waals surface area contributed by atoms with E-state index >= 15 is 0 Å². The van der Waals surface area contributed by atoms with Gasteiger partial charge in [0.2, 0.25) is 0 Å². The summed E-state index contributed by atoms with van der Waals surface area (Å²) >= 11 is 0. The van der Waals surface area contributed by atoms with Crippen molar-refractivity contribution in [1.82, 2.24) is 9.97 Å². The fourth-order valence-corrected chi connectivity index (χ4v) is 3.90. The van der Waals surface area contributed by atoms with Crippen molar-refractivity contribution in [1.29, 1.82) is 0 Å². The molecular weight excluding hydrogens is 399 g/mol. The van der Waals surface area contributed by atoms with Crippen LogP contribution in [0.3, 0.4) is 0 Å². The molecule has 3 aromatic rings. The molecule has 0 aliphatic heterocycles. The van der Waals surface area contributed by atoms with Gasteiger partial charge in [0.05, 0.1) is 18.2 Å². The molecule has 6 N–H and O–H groups in total. The van der Waals surface area contributed by atoms with Gasteiger partial charge in [0.1, 0.15) is 11.6 Å². The average molecular weight is 424 g/mol. The molecule has 8 nitrogen and oxygen atoms in total. The highest BCUT2D eigenvalue weighted by molar-refractivity contribution is 5.99. The summed E-state index contributed by atoms with van der Waals surface area (Å²) in [6, 6.07) is 8.14. The zero-order chi connectivity index (χ0) is 22.0. The number of anilines is 3. The molecule has 162 valence electrons. The molecule has 0 radical (unpaired) electrons. The van der Waals surface area contributed by atoms with Crippen LogP contribution in [0.1, 0.15) is 36.0 Å². The number of carbonyl (C=O) groups excluding carboxylic acids is 1. The third kappa shape index (κ3) is 4.36. The molecule has 4 rings (SSSR count). The van der Waals surface area contributed by atoms with Gasteiger partial charge in [-0.2, -0.15) is 0 Å². The Morgan fingerprint density at radius 3 is 2.74 bits per heavy atom. The summed E-state index contributed by atoms with van der Waals surface area (Å²) in [6.07, 6.45) is 5.43. The maximum absolute atomic E-state index is 14.7. The van der Waals surface area contributed by atoms with Crippen molar-refractivity contribution in [3.8, 4) is 5.75 Å². The Morgan fingerprint density at radius 2 is 2.00 bits per heavy atom. The minimum Gasteiger partial charge on any atom is -0.496 e. The van der Waals surface area contributed by atoms with E-state index in [-0.39, 0.29) is 29.3 Å². The standard InChI is InChI=1S/C22H25FN6O2/c1-31-19-8-9-26-18-10-12(6-7-13(18)19)27-21-14(20(25)30)11-15(23)22(29-21)28-17-5-3-2-4-16(17)24/h6-11,16-17H,2-5,24H2,1H3,(H2,25,30)(H2,27,28,29)/t16-,17+/m0/s1. The lowest BCUT2D eigenvalue weighted by molar-refractivity contribution is 0.100. The predicted octanol–water partition coefficient (Wildman–Crippen LogP) is 3.30. The van der Waals surface area contributed by atoms with Gasteiger partial charge in [0.25, 0.3) is 5.91 Å². The third-order valence-electron chi connectivity index (χ3n) is 5.57. The number of ether oxygens (including phenoxy) is 1. The number of nitrogens with two attached hydrogens (primary N) is 2. The molecule has 2 heterocycles. The van der Waals surface area contributed by atoms with Crippen LogP contribution in [0.5, 0.6) is 5.75 Å². The van der Waals surface area contributed by atoms with E-state index in [0.29, 0.717) is 17.0 Å². The molecule has 1 amide bonds. The lowest BCUT2D eigenvalue weighted by Crippen LogP contribution is -2.43. The van der Waals surface area contributed by atoms with Gasteiger partial charge < -0.3 is 26.8 Å². The molecule has 2 aromatic heterocycles. The highest BCUT2D eigenvalue weighted by Crippen LogP contribution is 2.30. The summed E-state index contributed by atoms with van der Waals surface area (Å²) in [4.78, 5) is 20.6. The Balaban J connectivity index is 1.67. The van der Waals surface area contributed by atoms with Crippen LogP contribution in [-0.4, -0.2) is 35.1 Å². The minimum absolute atomic E-state index is 0.0374. The maximum atomic E-state index is 14.7. The number of benzene rings is 1. The second-order valence-corrected chi connectivity index (χ2v) is 7.65. The number of nitrogens with one attached hydrogen (secondary N) is 2. The molecule has 2 atom stereocenters. The van der Waals surface area contributed by atoms with Crippen molar-refractivity contribution in [3.05, 3.63) is 47.9 Å². The lowest BCUT2D eigenvalue weighted by atomic mass is 9.91. The summed E-state index contributed by atoms with van der Waals surface area (Å²) in [5, 5.41) is 7.01. The Morgan fingerprint density at radius 1 is 1.19 bits per heavy atom. The molecule has 9 heteroatoms. The van der Waals surface area contributed by atoms with Gasteiger partial charge in [-0.3, -0.25) is 9.78 Å². The molecule has 31 heavy (non-hydrogen) atoms. The lowest BCUT2D eigenvalue weighted by Gasteiger charge is -2.30. The van der Waals surface area contributed by atoms with Crippen LogP contribution in [0.25, 0.3) is 10.9 Å². The zero-order valence-corrected chi connectivity index (χ0v) is 17.2.